The Morgan fingerprint density at radius 1 is 1.40 bits per heavy atom. The summed E-state index contributed by atoms with van der Waals surface area (Å²) in [5.74, 6) is 0. The normalized spacial score (nSPS) is 24.9. The van der Waals surface area contributed by atoms with Gasteiger partial charge in [0, 0.05) is 0 Å². The van der Waals surface area contributed by atoms with Crippen molar-refractivity contribution in [2.75, 3.05) is 6.54 Å². The Balaban J connectivity index is 2.41. The van der Waals surface area contributed by atoms with Gasteiger partial charge in [-0.1, -0.05) is 23.8 Å². The summed E-state index contributed by atoms with van der Waals surface area (Å²) in [5, 5.41) is 2.69. The highest BCUT2D eigenvalue weighted by molar-refractivity contribution is 5.70. The Bertz CT molecular complexity index is 414. The van der Waals surface area contributed by atoms with Crippen molar-refractivity contribution in [2.45, 2.75) is 26.4 Å². The van der Waals surface area contributed by atoms with E-state index < -0.39 is 5.60 Å². The molecule has 1 amide bonds. The number of hydrogen-bond acceptors (Lipinski definition) is 2. The Morgan fingerprint density at radius 2 is 2.13 bits per heavy atom. The molecule has 1 N–H and O–H groups in total. The number of carbonyl (C=O) groups is 1. The molecule has 0 aliphatic carbocycles. The largest absolute Gasteiger partial charge is 0.436 e. The van der Waals surface area contributed by atoms with Crippen molar-refractivity contribution in [2.24, 2.45) is 0 Å². The number of aryl methyl sites for hydroxylation is 2. The van der Waals surface area contributed by atoms with Crippen molar-refractivity contribution in [3.05, 3.63) is 34.9 Å². The zero-order valence-electron chi connectivity index (χ0n) is 9.26. The summed E-state index contributed by atoms with van der Waals surface area (Å²) < 4.78 is 5.31. The third-order valence-corrected chi connectivity index (χ3v) is 2.84. The smallest absolute Gasteiger partial charge is 0.408 e. The van der Waals surface area contributed by atoms with Crippen LogP contribution in [0.4, 0.5) is 4.79 Å². The lowest BCUT2D eigenvalue weighted by Crippen LogP contribution is -2.27. The molecule has 1 fully saturated rings. The predicted octanol–water partition coefficient (Wildman–Crippen LogP) is 2.26. The fourth-order valence-corrected chi connectivity index (χ4v) is 2.07. The number of carbonyl (C=O) groups excluding carboxylic acids is 1. The van der Waals surface area contributed by atoms with Gasteiger partial charge in [-0.25, -0.2) is 4.79 Å². The summed E-state index contributed by atoms with van der Waals surface area (Å²) in [6.07, 6.45) is -0.336. The molecule has 1 aliphatic rings. The van der Waals surface area contributed by atoms with Crippen LogP contribution in [-0.2, 0) is 10.3 Å². The Morgan fingerprint density at radius 3 is 2.67 bits per heavy atom. The molecule has 2 rings (SSSR count). The summed E-state index contributed by atoms with van der Waals surface area (Å²) in [6, 6.07) is 6.18. The predicted molar refractivity (Wildman–Crippen MR) is 57.8 cm³/mol. The number of benzene rings is 1. The molecule has 0 saturated carbocycles. The van der Waals surface area contributed by atoms with Gasteiger partial charge in [-0.3, -0.25) is 0 Å². The molecule has 3 nitrogen and oxygen atoms in total. The van der Waals surface area contributed by atoms with E-state index in [1.165, 1.54) is 5.56 Å². The standard InChI is InChI=1S/C12H15NO2/c1-8-4-5-10(9(2)6-8)12(3)7-13-11(14)15-12/h4-6H,7H2,1-3H3,(H,13,14). The van der Waals surface area contributed by atoms with E-state index in [9.17, 15) is 4.79 Å². The van der Waals surface area contributed by atoms with Crippen molar-refractivity contribution in [3.63, 3.8) is 0 Å². The fourth-order valence-electron chi connectivity index (χ4n) is 2.07. The van der Waals surface area contributed by atoms with Crippen LogP contribution in [0.1, 0.15) is 23.6 Å². The number of cyclic esters (lactones) is 1. The molecule has 3 heteroatoms. The highest BCUT2D eigenvalue weighted by Gasteiger charge is 2.38. The van der Waals surface area contributed by atoms with Crippen LogP contribution in [0.3, 0.4) is 0 Å². The van der Waals surface area contributed by atoms with Crippen LogP contribution >= 0.6 is 0 Å². The van der Waals surface area contributed by atoms with Crippen LogP contribution in [0.5, 0.6) is 0 Å². The molecule has 1 atom stereocenters. The van der Waals surface area contributed by atoms with Crippen molar-refractivity contribution in [1.82, 2.24) is 5.32 Å². The van der Waals surface area contributed by atoms with Crippen LogP contribution < -0.4 is 5.32 Å². The number of amides is 1. The summed E-state index contributed by atoms with van der Waals surface area (Å²) in [6.45, 7) is 6.57. The van der Waals surface area contributed by atoms with Crippen molar-refractivity contribution in [1.29, 1.82) is 0 Å². The van der Waals surface area contributed by atoms with E-state index >= 15 is 0 Å². The van der Waals surface area contributed by atoms with Crippen molar-refractivity contribution < 1.29 is 9.53 Å². The molecule has 15 heavy (non-hydrogen) atoms. The molecule has 1 saturated heterocycles. The zero-order valence-corrected chi connectivity index (χ0v) is 9.26. The van der Waals surface area contributed by atoms with Gasteiger partial charge < -0.3 is 10.1 Å². The van der Waals surface area contributed by atoms with Gasteiger partial charge in [0.05, 0.1) is 6.54 Å². The first kappa shape index (κ1) is 10.0. The second-order valence-electron chi connectivity index (χ2n) is 4.29. The summed E-state index contributed by atoms with van der Waals surface area (Å²) in [7, 11) is 0. The van der Waals surface area contributed by atoms with Crippen LogP contribution in [0.15, 0.2) is 18.2 Å². The highest BCUT2D eigenvalue weighted by atomic mass is 16.6. The van der Waals surface area contributed by atoms with E-state index in [1.54, 1.807) is 0 Å². The first-order valence-electron chi connectivity index (χ1n) is 5.06. The van der Waals surface area contributed by atoms with E-state index in [0.29, 0.717) is 6.54 Å². The van der Waals surface area contributed by atoms with Gasteiger partial charge >= 0.3 is 6.09 Å². The van der Waals surface area contributed by atoms with Gasteiger partial charge in [-0.15, -0.1) is 0 Å². The lowest BCUT2D eigenvalue weighted by molar-refractivity contribution is 0.0699. The fraction of sp³-hybridized carbons (Fsp3) is 0.417. The lowest BCUT2D eigenvalue weighted by Gasteiger charge is -2.23. The van der Waals surface area contributed by atoms with Crippen LogP contribution in [0.2, 0.25) is 0 Å². The van der Waals surface area contributed by atoms with Crippen LogP contribution in [0, 0.1) is 13.8 Å². The molecule has 1 unspecified atom stereocenters. The maximum Gasteiger partial charge on any atom is 0.408 e. The molecule has 1 aromatic rings. The minimum Gasteiger partial charge on any atom is -0.436 e. The SMILES string of the molecule is Cc1ccc(C2(C)CNC(=O)O2)c(C)c1. The highest BCUT2D eigenvalue weighted by Crippen LogP contribution is 2.31. The van der Waals surface area contributed by atoms with Gasteiger partial charge in [-0.05, 0) is 31.9 Å². The molecule has 1 heterocycles. The van der Waals surface area contributed by atoms with Gasteiger partial charge in [0.2, 0.25) is 0 Å². The minimum absolute atomic E-state index is 0.336. The van der Waals surface area contributed by atoms with E-state index in [0.717, 1.165) is 11.1 Å². The molecular weight excluding hydrogens is 190 g/mol. The Labute approximate surface area is 89.4 Å². The maximum absolute atomic E-state index is 11.1. The minimum atomic E-state index is -0.519. The second-order valence-corrected chi connectivity index (χ2v) is 4.29. The zero-order chi connectivity index (χ0) is 11.1. The van der Waals surface area contributed by atoms with Gasteiger partial charge in [0.25, 0.3) is 0 Å². The van der Waals surface area contributed by atoms with Crippen LogP contribution in [-0.4, -0.2) is 12.6 Å². The Kier molecular flexibility index (Phi) is 2.18. The first-order valence-corrected chi connectivity index (χ1v) is 5.06. The first-order chi connectivity index (χ1) is 7.01. The number of ether oxygens (including phenoxy) is 1. The molecular formula is C12H15NO2. The summed E-state index contributed by atoms with van der Waals surface area (Å²) in [4.78, 5) is 11.1. The van der Waals surface area contributed by atoms with Gasteiger partial charge in [0.1, 0.15) is 0 Å². The third-order valence-electron chi connectivity index (χ3n) is 2.84. The maximum atomic E-state index is 11.1. The summed E-state index contributed by atoms with van der Waals surface area (Å²) in [5.41, 5.74) is 2.94. The topological polar surface area (TPSA) is 38.3 Å². The van der Waals surface area contributed by atoms with Crippen molar-refractivity contribution in [3.8, 4) is 0 Å². The number of hydrogen-bond donors (Lipinski definition) is 1. The molecule has 0 radical (unpaired) electrons. The lowest BCUT2D eigenvalue weighted by atomic mass is 9.91. The van der Waals surface area contributed by atoms with E-state index in [-0.39, 0.29) is 6.09 Å². The molecule has 1 aromatic carbocycles. The van der Waals surface area contributed by atoms with E-state index in [1.807, 2.05) is 26.0 Å². The van der Waals surface area contributed by atoms with Crippen LogP contribution in [0.25, 0.3) is 0 Å². The average Bonchev–Trinajstić information content (AvgIpc) is 2.46. The van der Waals surface area contributed by atoms with E-state index in [4.69, 9.17) is 4.74 Å². The second kappa shape index (κ2) is 3.26. The number of nitrogens with one attached hydrogen (secondary N) is 1. The van der Waals surface area contributed by atoms with Gasteiger partial charge in [-0.2, -0.15) is 0 Å². The quantitative estimate of drug-likeness (QED) is 0.763. The average molecular weight is 205 g/mol. The third kappa shape index (κ3) is 1.69. The molecule has 0 spiro atoms. The molecule has 80 valence electrons. The Hall–Kier alpha value is -1.51. The summed E-state index contributed by atoms with van der Waals surface area (Å²) >= 11 is 0. The molecule has 1 aliphatic heterocycles. The molecule has 0 bridgehead atoms. The number of rotatable bonds is 1. The van der Waals surface area contributed by atoms with Gasteiger partial charge in [0.15, 0.2) is 5.60 Å². The monoisotopic (exact) mass is 205 g/mol. The number of alkyl carbamates (subject to hydrolysis) is 1. The van der Waals surface area contributed by atoms with Crippen molar-refractivity contribution >= 4 is 6.09 Å². The van der Waals surface area contributed by atoms with E-state index in [2.05, 4.69) is 18.3 Å². The molecule has 0 aromatic heterocycles.